The maximum Gasteiger partial charge on any atom is 0.219 e. The predicted octanol–water partition coefficient (Wildman–Crippen LogP) is 1.69. The molecule has 0 radical (unpaired) electrons. The normalized spacial score (nSPS) is 30.5. The zero-order valence-electron chi connectivity index (χ0n) is 13.6. The lowest BCUT2D eigenvalue weighted by Gasteiger charge is -2.29. The molecule has 3 rings (SSSR count). The topological polar surface area (TPSA) is 49.9 Å². The van der Waals surface area contributed by atoms with Crippen LogP contribution in [0.25, 0.3) is 0 Å². The van der Waals surface area contributed by atoms with E-state index in [1.165, 1.54) is 38.6 Å². The van der Waals surface area contributed by atoms with Crippen LogP contribution in [-0.4, -0.2) is 68.8 Å². The molecule has 2 heterocycles. The molecule has 2 saturated heterocycles. The first kappa shape index (κ1) is 16.7. The van der Waals surface area contributed by atoms with Gasteiger partial charge in [-0.3, -0.25) is 0 Å². The minimum atomic E-state index is -3.16. The molecule has 0 aromatic carbocycles. The lowest BCUT2D eigenvalue weighted by atomic mass is 9.89. The van der Waals surface area contributed by atoms with Crippen molar-refractivity contribution in [3.8, 4) is 0 Å². The average molecular weight is 330 g/mol. The molecular weight excluding hydrogens is 300 g/mol. The number of ether oxygens (including phenoxy) is 1. The van der Waals surface area contributed by atoms with Crippen LogP contribution in [0, 0.1) is 5.92 Å². The van der Waals surface area contributed by atoms with Crippen LogP contribution in [0.5, 0.6) is 0 Å². The molecule has 1 aliphatic carbocycles. The molecular formula is C16H30N2O3S. The van der Waals surface area contributed by atoms with E-state index in [2.05, 4.69) is 4.90 Å². The second-order valence-corrected chi connectivity index (χ2v) is 9.30. The molecule has 1 saturated carbocycles. The molecule has 3 aliphatic rings. The first-order valence-electron chi connectivity index (χ1n) is 8.95. The monoisotopic (exact) mass is 330 g/mol. The average Bonchev–Trinajstić information content (AvgIpc) is 2.97. The SMILES string of the molecule is O=S(=O)([C@@H]1CCOC1)N1CCCN(CC2CCCCC2)CC1. The van der Waals surface area contributed by atoms with Crippen LogP contribution in [0.2, 0.25) is 0 Å². The van der Waals surface area contributed by atoms with Gasteiger partial charge in [-0.15, -0.1) is 0 Å². The van der Waals surface area contributed by atoms with E-state index in [9.17, 15) is 8.42 Å². The van der Waals surface area contributed by atoms with Crippen molar-refractivity contribution in [2.75, 3.05) is 45.9 Å². The molecule has 1 atom stereocenters. The third kappa shape index (κ3) is 4.02. The smallest absolute Gasteiger partial charge is 0.219 e. The molecule has 0 aromatic rings. The minimum Gasteiger partial charge on any atom is -0.380 e. The second kappa shape index (κ2) is 7.60. The maximum absolute atomic E-state index is 12.7. The zero-order valence-corrected chi connectivity index (χ0v) is 14.4. The lowest BCUT2D eigenvalue weighted by molar-refractivity contribution is 0.197. The van der Waals surface area contributed by atoms with Crippen molar-refractivity contribution < 1.29 is 13.2 Å². The highest BCUT2D eigenvalue weighted by atomic mass is 32.2. The standard InChI is InChI=1S/C16H30N2O3S/c19-22(20,16-7-12-21-14-16)18-9-4-8-17(10-11-18)13-15-5-2-1-3-6-15/h15-16H,1-14H2/t16-/m1/s1. The molecule has 3 fully saturated rings. The van der Waals surface area contributed by atoms with Crippen molar-refractivity contribution in [1.82, 2.24) is 9.21 Å². The molecule has 5 nitrogen and oxygen atoms in total. The van der Waals surface area contributed by atoms with Gasteiger partial charge >= 0.3 is 0 Å². The second-order valence-electron chi connectivity index (χ2n) is 7.09. The van der Waals surface area contributed by atoms with E-state index in [4.69, 9.17) is 4.74 Å². The highest BCUT2D eigenvalue weighted by Gasteiger charge is 2.35. The van der Waals surface area contributed by atoms with Crippen molar-refractivity contribution in [1.29, 1.82) is 0 Å². The number of rotatable bonds is 4. The molecule has 0 unspecified atom stereocenters. The van der Waals surface area contributed by atoms with Crippen LogP contribution >= 0.6 is 0 Å². The van der Waals surface area contributed by atoms with E-state index >= 15 is 0 Å². The number of nitrogens with zero attached hydrogens (tertiary/aromatic N) is 2. The Morgan fingerprint density at radius 2 is 1.73 bits per heavy atom. The predicted molar refractivity (Wildman–Crippen MR) is 87.3 cm³/mol. The van der Waals surface area contributed by atoms with Crippen LogP contribution < -0.4 is 0 Å². The summed E-state index contributed by atoms with van der Waals surface area (Å²) >= 11 is 0. The van der Waals surface area contributed by atoms with Gasteiger partial charge in [0.15, 0.2) is 0 Å². The Morgan fingerprint density at radius 3 is 2.45 bits per heavy atom. The van der Waals surface area contributed by atoms with Gasteiger partial charge in [0.1, 0.15) is 5.25 Å². The zero-order chi connectivity index (χ0) is 15.4. The molecule has 0 amide bonds. The minimum absolute atomic E-state index is 0.308. The van der Waals surface area contributed by atoms with Gasteiger partial charge in [-0.1, -0.05) is 19.3 Å². The fourth-order valence-electron chi connectivity index (χ4n) is 4.08. The third-order valence-corrected chi connectivity index (χ3v) is 7.76. The Labute approximate surface area is 135 Å². The largest absolute Gasteiger partial charge is 0.380 e. The lowest BCUT2D eigenvalue weighted by Crippen LogP contribution is -2.41. The maximum atomic E-state index is 12.7. The van der Waals surface area contributed by atoms with Crippen molar-refractivity contribution in [3.63, 3.8) is 0 Å². The van der Waals surface area contributed by atoms with E-state index in [0.717, 1.165) is 25.4 Å². The van der Waals surface area contributed by atoms with Gasteiger partial charge in [-0.25, -0.2) is 12.7 Å². The van der Waals surface area contributed by atoms with Crippen LogP contribution in [0.1, 0.15) is 44.9 Å². The summed E-state index contributed by atoms with van der Waals surface area (Å²) in [5.41, 5.74) is 0. The number of sulfonamides is 1. The highest BCUT2D eigenvalue weighted by Crippen LogP contribution is 2.25. The van der Waals surface area contributed by atoms with Gasteiger partial charge < -0.3 is 9.64 Å². The van der Waals surface area contributed by atoms with E-state index < -0.39 is 10.0 Å². The Balaban J connectivity index is 1.52. The molecule has 0 bridgehead atoms. The van der Waals surface area contributed by atoms with Crippen LogP contribution in [0.4, 0.5) is 0 Å². The molecule has 2 aliphatic heterocycles. The Bertz CT molecular complexity index is 442. The fourth-order valence-corrected chi connectivity index (χ4v) is 5.88. The summed E-state index contributed by atoms with van der Waals surface area (Å²) < 4.78 is 32.3. The van der Waals surface area contributed by atoms with Gasteiger partial charge in [0.25, 0.3) is 0 Å². The number of hydrogen-bond acceptors (Lipinski definition) is 4. The van der Waals surface area contributed by atoms with Gasteiger partial charge in [0, 0.05) is 32.8 Å². The summed E-state index contributed by atoms with van der Waals surface area (Å²) in [6, 6.07) is 0. The Morgan fingerprint density at radius 1 is 0.909 bits per heavy atom. The summed E-state index contributed by atoms with van der Waals surface area (Å²) in [6.45, 7) is 5.41. The summed E-state index contributed by atoms with van der Waals surface area (Å²) in [4.78, 5) is 2.50. The van der Waals surface area contributed by atoms with Gasteiger partial charge in [0.2, 0.25) is 10.0 Å². The molecule has 0 aromatic heterocycles. The molecule has 0 N–H and O–H groups in total. The Hall–Kier alpha value is -0.170. The van der Waals surface area contributed by atoms with Crippen molar-refractivity contribution >= 4 is 10.0 Å². The number of hydrogen-bond donors (Lipinski definition) is 0. The quantitative estimate of drug-likeness (QED) is 0.787. The molecule has 22 heavy (non-hydrogen) atoms. The van der Waals surface area contributed by atoms with Crippen molar-refractivity contribution in [2.45, 2.75) is 50.2 Å². The van der Waals surface area contributed by atoms with Crippen molar-refractivity contribution in [2.24, 2.45) is 5.92 Å². The summed E-state index contributed by atoms with van der Waals surface area (Å²) in [7, 11) is -3.16. The summed E-state index contributed by atoms with van der Waals surface area (Å²) in [6.07, 6.45) is 8.48. The van der Waals surface area contributed by atoms with Gasteiger partial charge in [-0.05, 0) is 38.1 Å². The van der Waals surface area contributed by atoms with Crippen molar-refractivity contribution in [3.05, 3.63) is 0 Å². The van der Waals surface area contributed by atoms with Gasteiger partial charge in [0.05, 0.1) is 6.61 Å². The van der Waals surface area contributed by atoms with Gasteiger partial charge in [-0.2, -0.15) is 0 Å². The first-order chi connectivity index (χ1) is 10.7. The molecule has 128 valence electrons. The van der Waals surface area contributed by atoms with Crippen LogP contribution in [0.15, 0.2) is 0 Å². The third-order valence-electron chi connectivity index (χ3n) is 5.46. The van der Waals surface area contributed by atoms with E-state index in [0.29, 0.717) is 32.7 Å². The highest BCUT2D eigenvalue weighted by molar-refractivity contribution is 7.89. The van der Waals surface area contributed by atoms with E-state index in [1.54, 1.807) is 4.31 Å². The van der Waals surface area contributed by atoms with E-state index in [1.807, 2.05) is 0 Å². The summed E-state index contributed by atoms with van der Waals surface area (Å²) in [5.74, 6) is 0.833. The molecule has 0 spiro atoms. The van der Waals surface area contributed by atoms with Crippen LogP contribution in [0.3, 0.4) is 0 Å². The van der Waals surface area contributed by atoms with E-state index in [-0.39, 0.29) is 5.25 Å². The molecule has 6 heteroatoms. The first-order valence-corrected chi connectivity index (χ1v) is 10.5. The summed E-state index contributed by atoms with van der Waals surface area (Å²) in [5, 5.41) is -0.308. The van der Waals surface area contributed by atoms with Crippen LogP contribution in [-0.2, 0) is 14.8 Å². The Kier molecular flexibility index (Phi) is 5.76. The fraction of sp³-hybridized carbons (Fsp3) is 1.00.